The van der Waals surface area contributed by atoms with Crippen molar-refractivity contribution in [1.29, 1.82) is 0 Å². The molecule has 2 rings (SSSR count). The maximum atomic E-state index is 12.0. The normalized spacial score (nSPS) is 11.5. The second-order valence-electron chi connectivity index (χ2n) is 5.19. The third-order valence-corrected chi connectivity index (χ3v) is 3.77. The average molecular weight is 277 g/mol. The number of carbonyl (C=O) groups is 1. The summed E-state index contributed by atoms with van der Waals surface area (Å²) in [6, 6.07) is 9.87. The van der Waals surface area contributed by atoms with Crippen molar-refractivity contribution in [2.45, 2.75) is 20.4 Å². The highest BCUT2D eigenvalue weighted by molar-refractivity contribution is 6.19. The maximum absolute atomic E-state index is 12.0. The fraction of sp³-hybridized carbons (Fsp3) is 0.333. The van der Waals surface area contributed by atoms with Gasteiger partial charge in [-0.25, -0.2) is 0 Å². The van der Waals surface area contributed by atoms with E-state index >= 15 is 0 Å². The number of rotatable bonds is 4. The molecule has 19 heavy (non-hydrogen) atoms. The van der Waals surface area contributed by atoms with Gasteiger partial charge >= 0.3 is 0 Å². The largest absolute Gasteiger partial charge is 0.351 e. The predicted octanol–water partition coefficient (Wildman–Crippen LogP) is 3.12. The summed E-state index contributed by atoms with van der Waals surface area (Å²) in [7, 11) is 0. The summed E-state index contributed by atoms with van der Waals surface area (Å²) in [5, 5.41) is 3.99. The van der Waals surface area contributed by atoms with E-state index < -0.39 is 5.41 Å². The van der Waals surface area contributed by atoms with E-state index in [0.717, 1.165) is 16.5 Å². The molecular formula is C15H17ClN2O. The number of benzene rings is 1. The van der Waals surface area contributed by atoms with E-state index in [1.807, 2.05) is 44.2 Å². The van der Waals surface area contributed by atoms with Crippen molar-refractivity contribution in [3.05, 3.63) is 42.1 Å². The molecule has 0 saturated heterocycles. The number of hydrogen-bond acceptors (Lipinski definition) is 2. The van der Waals surface area contributed by atoms with Gasteiger partial charge in [0.25, 0.3) is 0 Å². The summed E-state index contributed by atoms with van der Waals surface area (Å²) in [4.78, 5) is 16.4. The summed E-state index contributed by atoms with van der Waals surface area (Å²) in [6.45, 7) is 4.13. The Morgan fingerprint density at radius 3 is 2.79 bits per heavy atom. The molecule has 0 atom stereocenters. The van der Waals surface area contributed by atoms with Gasteiger partial charge in [0.2, 0.25) is 5.91 Å². The smallest absolute Gasteiger partial charge is 0.227 e. The fourth-order valence-corrected chi connectivity index (χ4v) is 1.91. The van der Waals surface area contributed by atoms with Crippen LogP contribution in [0.4, 0.5) is 0 Å². The first kappa shape index (κ1) is 13.8. The molecule has 0 aliphatic rings. The number of para-hydroxylation sites is 1. The van der Waals surface area contributed by atoms with Crippen LogP contribution in [-0.4, -0.2) is 16.8 Å². The Labute approximate surface area is 118 Å². The van der Waals surface area contributed by atoms with Crippen LogP contribution in [0, 0.1) is 5.41 Å². The number of hydrogen-bond donors (Lipinski definition) is 1. The molecule has 0 saturated carbocycles. The van der Waals surface area contributed by atoms with Crippen molar-refractivity contribution in [3.8, 4) is 0 Å². The van der Waals surface area contributed by atoms with Crippen LogP contribution in [0.2, 0.25) is 0 Å². The molecule has 3 nitrogen and oxygen atoms in total. The van der Waals surface area contributed by atoms with E-state index in [4.69, 9.17) is 11.6 Å². The van der Waals surface area contributed by atoms with Gasteiger partial charge in [0.1, 0.15) is 0 Å². The molecule has 1 aromatic carbocycles. The molecule has 1 aromatic heterocycles. The molecular weight excluding hydrogens is 260 g/mol. The Hall–Kier alpha value is -1.61. The zero-order valence-corrected chi connectivity index (χ0v) is 11.9. The number of nitrogens with one attached hydrogen (secondary N) is 1. The highest BCUT2D eigenvalue weighted by atomic mass is 35.5. The molecule has 1 N–H and O–H groups in total. The van der Waals surface area contributed by atoms with Crippen LogP contribution in [0.25, 0.3) is 10.9 Å². The van der Waals surface area contributed by atoms with Crippen LogP contribution in [0.1, 0.15) is 19.4 Å². The highest BCUT2D eigenvalue weighted by Gasteiger charge is 2.26. The SMILES string of the molecule is CC(C)(CCl)C(=O)NCc1cccc2cccnc12. The molecule has 1 heterocycles. The third-order valence-electron chi connectivity index (χ3n) is 3.10. The van der Waals surface area contributed by atoms with Crippen LogP contribution in [0.15, 0.2) is 36.5 Å². The predicted molar refractivity (Wildman–Crippen MR) is 78.1 cm³/mol. The number of fused-ring (bicyclic) bond motifs is 1. The van der Waals surface area contributed by atoms with Gasteiger partial charge in [0, 0.05) is 24.0 Å². The number of nitrogens with zero attached hydrogens (tertiary/aromatic N) is 1. The van der Waals surface area contributed by atoms with Gasteiger partial charge in [-0.2, -0.15) is 0 Å². The van der Waals surface area contributed by atoms with Crippen molar-refractivity contribution in [2.24, 2.45) is 5.41 Å². The Morgan fingerprint density at radius 2 is 2.05 bits per heavy atom. The lowest BCUT2D eigenvalue weighted by atomic mass is 9.95. The van der Waals surface area contributed by atoms with E-state index in [2.05, 4.69) is 10.3 Å². The lowest BCUT2D eigenvalue weighted by Gasteiger charge is -2.20. The summed E-state index contributed by atoms with van der Waals surface area (Å²) in [6.07, 6.45) is 1.76. The minimum atomic E-state index is -0.556. The molecule has 100 valence electrons. The zero-order valence-electron chi connectivity index (χ0n) is 11.1. The van der Waals surface area contributed by atoms with E-state index in [9.17, 15) is 4.79 Å². The minimum Gasteiger partial charge on any atom is -0.351 e. The Kier molecular flexibility index (Phi) is 4.05. The molecule has 0 fully saturated rings. The van der Waals surface area contributed by atoms with E-state index in [1.165, 1.54) is 0 Å². The molecule has 0 aliphatic carbocycles. The highest BCUT2D eigenvalue weighted by Crippen LogP contribution is 2.19. The second-order valence-corrected chi connectivity index (χ2v) is 5.46. The van der Waals surface area contributed by atoms with Gasteiger partial charge in [0.05, 0.1) is 10.9 Å². The van der Waals surface area contributed by atoms with Gasteiger partial charge in [0.15, 0.2) is 0 Å². The van der Waals surface area contributed by atoms with Crippen molar-refractivity contribution in [3.63, 3.8) is 0 Å². The van der Waals surface area contributed by atoms with Crippen LogP contribution in [0.3, 0.4) is 0 Å². The lowest BCUT2D eigenvalue weighted by Crippen LogP contribution is -2.37. The van der Waals surface area contributed by atoms with E-state index in [-0.39, 0.29) is 5.91 Å². The first-order valence-corrected chi connectivity index (χ1v) is 6.75. The number of pyridine rings is 1. The second kappa shape index (κ2) is 5.57. The topological polar surface area (TPSA) is 42.0 Å². The summed E-state index contributed by atoms with van der Waals surface area (Å²) < 4.78 is 0. The molecule has 0 radical (unpaired) electrons. The Balaban J connectivity index is 2.17. The Morgan fingerprint density at radius 1 is 1.32 bits per heavy atom. The monoisotopic (exact) mass is 276 g/mol. The molecule has 0 unspecified atom stereocenters. The number of halogens is 1. The van der Waals surface area contributed by atoms with Gasteiger partial charge in [-0.05, 0) is 25.5 Å². The molecule has 0 aliphatic heterocycles. The van der Waals surface area contributed by atoms with Crippen molar-refractivity contribution in [1.82, 2.24) is 10.3 Å². The van der Waals surface area contributed by atoms with Gasteiger partial charge in [-0.15, -0.1) is 11.6 Å². The average Bonchev–Trinajstić information content (AvgIpc) is 2.44. The van der Waals surface area contributed by atoms with Gasteiger partial charge in [-0.1, -0.05) is 24.3 Å². The maximum Gasteiger partial charge on any atom is 0.227 e. The molecule has 0 spiro atoms. The number of aromatic nitrogens is 1. The van der Waals surface area contributed by atoms with Crippen LogP contribution >= 0.6 is 11.6 Å². The summed E-state index contributed by atoms with van der Waals surface area (Å²) in [5.74, 6) is 0.252. The quantitative estimate of drug-likeness (QED) is 0.872. The van der Waals surface area contributed by atoms with Crippen molar-refractivity contribution >= 4 is 28.4 Å². The van der Waals surface area contributed by atoms with Gasteiger partial charge < -0.3 is 5.32 Å². The van der Waals surface area contributed by atoms with E-state index in [1.54, 1.807) is 6.20 Å². The molecule has 2 aromatic rings. The van der Waals surface area contributed by atoms with Crippen molar-refractivity contribution < 1.29 is 4.79 Å². The standard InChI is InChI=1S/C15H17ClN2O/c1-15(2,10-16)14(19)18-9-12-6-3-5-11-7-4-8-17-13(11)12/h3-8H,9-10H2,1-2H3,(H,18,19). The summed E-state index contributed by atoms with van der Waals surface area (Å²) >= 11 is 5.79. The number of carbonyl (C=O) groups excluding carboxylic acids is 1. The summed E-state index contributed by atoms with van der Waals surface area (Å²) in [5.41, 5.74) is 1.38. The van der Waals surface area contributed by atoms with Gasteiger partial charge in [-0.3, -0.25) is 9.78 Å². The number of alkyl halides is 1. The fourth-order valence-electron chi connectivity index (χ4n) is 1.79. The molecule has 0 bridgehead atoms. The first-order valence-electron chi connectivity index (χ1n) is 6.21. The zero-order chi connectivity index (χ0) is 13.9. The first-order chi connectivity index (χ1) is 9.04. The molecule has 4 heteroatoms. The molecule has 1 amide bonds. The Bertz CT molecular complexity index is 590. The van der Waals surface area contributed by atoms with Crippen molar-refractivity contribution in [2.75, 3.05) is 5.88 Å². The minimum absolute atomic E-state index is 0.0459. The van der Waals surface area contributed by atoms with Crippen LogP contribution < -0.4 is 5.32 Å². The van der Waals surface area contributed by atoms with Crippen LogP contribution in [0.5, 0.6) is 0 Å². The van der Waals surface area contributed by atoms with Crippen LogP contribution in [-0.2, 0) is 11.3 Å². The van der Waals surface area contributed by atoms with E-state index in [0.29, 0.717) is 12.4 Å². The lowest BCUT2D eigenvalue weighted by molar-refractivity contribution is -0.128. The third kappa shape index (κ3) is 3.04. The number of amides is 1.